The van der Waals surface area contributed by atoms with Crippen molar-refractivity contribution in [3.05, 3.63) is 64.5 Å². The third kappa shape index (κ3) is 3.22. The number of aromatic nitrogens is 2. The van der Waals surface area contributed by atoms with Gasteiger partial charge in [0.25, 0.3) is 5.69 Å². The molecule has 1 fully saturated rings. The van der Waals surface area contributed by atoms with Crippen molar-refractivity contribution in [3.8, 4) is 0 Å². The van der Waals surface area contributed by atoms with Gasteiger partial charge in [0.2, 0.25) is 0 Å². The first-order valence-electron chi connectivity index (χ1n) is 9.28. The van der Waals surface area contributed by atoms with Gasteiger partial charge in [-0.2, -0.15) is 0 Å². The zero-order chi connectivity index (χ0) is 21.3. The van der Waals surface area contributed by atoms with Crippen molar-refractivity contribution >= 4 is 34.1 Å². The highest BCUT2D eigenvalue weighted by Crippen LogP contribution is 2.44. The molecule has 1 aromatic carbocycles. The normalized spacial score (nSPS) is 16.9. The Labute approximate surface area is 175 Å². The average molecular weight is 429 g/mol. The molecular weight excluding hydrogens is 410 g/mol. The third-order valence-corrected chi connectivity index (χ3v) is 6.71. The first-order chi connectivity index (χ1) is 14.5. The molecule has 0 saturated carbocycles. The Balaban J connectivity index is 1.96. The number of fused-ring (bicyclic) bond motifs is 1. The summed E-state index contributed by atoms with van der Waals surface area (Å²) in [6, 6.07) is 10.4. The van der Waals surface area contributed by atoms with Crippen LogP contribution in [0.5, 0.6) is 0 Å². The maximum Gasteiger partial charge on any atom is 0.316 e. The summed E-state index contributed by atoms with van der Waals surface area (Å²) in [5.74, 6) is -0.557. The van der Waals surface area contributed by atoms with Crippen LogP contribution in [0.4, 0.5) is 5.69 Å². The van der Waals surface area contributed by atoms with Crippen LogP contribution in [0.1, 0.15) is 18.4 Å². The minimum Gasteiger partial charge on any atom is -0.587 e. The largest absolute Gasteiger partial charge is 0.587 e. The van der Waals surface area contributed by atoms with Crippen molar-refractivity contribution < 1.29 is 23.7 Å². The predicted molar refractivity (Wildman–Crippen MR) is 108 cm³/mol. The zero-order valence-electron chi connectivity index (χ0n) is 16.1. The average Bonchev–Trinajstić information content (AvgIpc) is 3.22. The van der Waals surface area contributed by atoms with E-state index in [0.29, 0.717) is 15.9 Å². The Hall–Kier alpha value is -2.95. The van der Waals surface area contributed by atoms with Crippen molar-refractivity contribution in [2.24, 2.45) is 0 Å². The van der Waals surface area contributed by atoms with E-state index in [1.807, 2.05) is 6.07 Å². The fourth-order valence-corrected chi connectivity index (χ4v) is 5.04. The number of pyridine rings is 1. The first-order valence-corrected chi connectivity index (χ1v) is 10.4. The highest BCUT2D eigenvalue weighted by Gasteiger charge is 2.48. The van der Waals surface area contributed by atoms with Crippen LogP contribution < -0.4 is 0 Å². The molecule has 0 radical (unpaired) electrons. The number of esters is 1. The van der Waals surface area contributed by atoms with E-state index in [1.54, 1.807) is 36.5 Å². The lowest BCUT2D eigenvalue weighted by atomic mass is 9.72. The fraction of sp³-hybridized carbons (Fsp3) is 0.300. The van der Waals surface area contributed by atoms with E-state index >= 15 is 0 Å². The van der Waals surface area contributed by atoms with Crippen molar-refractivity contribution in [1.29, 1.82) is 0 Å². The lowest BCUT2D eigenvalue weighted by Crippen LogP contribution is -2.42. The molecule has 0 N–H and O–H groups in total. The number of carbonyl (C=O) groups is 1. The van der Waals surface area contributed by atoms with E-state index in [2.05, 4.69) is 4.98 Å². The van der Waals surface area contributed by atoms with Gasteiger partial charge in [0.1, 0.15) is 23.0 Å². The Morgan fingerprint density at radius 3 is 2.60 bits per heavy atom. The number of hydrogen-bond donors (Lipinski definition) is 0. The number of carbonyl (C=O) groups excluding carboxylic acids is 1. The van der Waals surface area contributed by atoms with E-state index in [1.165, 1.54) is 11.1 Å². The minimum absolute atomic E-state index is 0.233. The lowest BCUT2D eigenvalue weighted by molar-refractivity contribution is -0.386. The van der Waals surface area contributed by atoms with Crippen LogP contribution in [-0.2, 0) is 31.0 Å². The molecule has 1 aliphatic rings. The Morgan fingerprint density at radius 2 is 1.97 bits per heavy atom. The second kappa shape index (κ2) is 8.05. The van der Waals surface area contributed by atoms with Crippen molar-refractivity contribution in [3.63, 3.8) is 0 Å². The highest BCUT2D eigenvalue weighted by molar-refractivity contribution is 7.90. The summed E-state index contributed by atoms with van der Waals surface area (Å²) in [5.41, 5.74) is -0.973. The van der Waals surface area contributed by atoms with Gasteiger partial charge in [-0.05, 0) is 31.0 Å². The van der Waals surface area contributed by atoms with Gasteiger partial charge in [-0.3, -0.25) is 14.9 Å². The molecule has 3 heterocycles. The molecule has 4 rings (SSSR count). The van der Waals surface area contributed by atoms with Crippen molar-refractivity contribution in [1.82, 2.24) is 8.96 Å². The SMILES string of the molecule is COC(=O)C1(c2c([N+](=O)[O-])cnc3c2ccn3[S+]([O-])c2ccccc2)CCOCC1. The topological polar surface area (TPSA) is 120 Å². The number of nitrogens with zero attached hydrogens (tertiary/aromatic N) is 3. The summed E-state index contributed by atoms with van der Waals surface area (Å²) in [6.07, 6.45) is 3.17. The highest BCUT2D eigenvalue weighted by atomic mass is 32.2. The minimum atomic E-state index is -1.60. The Morgan fingerprint density at radius 1 is 1.27 bits per heavy atom. The van der Waals surface area contributed by atoms with E-state index in [4.69, 9.17) is 9.47 Å². The number of methoxy groups -OCH3 is 1. The number of nitro groups is 1. The summed E-state index contributed by atoms with van der Waals surface area (Å²) in [6.45, 7) is 0.541. The van der Waals surface area contributed by atoms with Gasteiger partial charge in [-0.1, -0.05) is 18.2 Å². The van der Waals surface area contributed by atoms with Gasteiger partial charge in [-0.25, -0.2) is 4.98 Å². The van der Waals surface area contributed by atoms with E-state index < -0.39 is 27.7 Å². The molecule has 0 amide bonds. The maximum atomic E-state index is 13.1. The molecule has 9 nitrogen and oxygen atoms in total. The molecule has 1 saturated heterocycles. The summed E-state index contributed by atoms with van der Waals surface area (Å²) >= 11 is -1.60. The van der Waals surface area contributed by atoms with Gasteiger partial charge in [-0.15, -0.1) is 3.97 Å². The van der Waals surface area contributed by atoms with E-state index in [9.17, 15) is 19.5 Å². The standard InChI is InChI=1S/C20H19N3O6S/c1-28-19(24)20(8-11-29-12-9-20)17-15-7-10-22(18(15)21-13-16(17)23(25)26)30(27)14-5-3-2-4-6-14/h2-7,10,13H,8-9,11-12H2,1H3. The molecule has 1 unspecified atom stereocenters. The molecule has 2 aromatic heterocycles. The van der Waals surface area contributed by atoms with Gasteiger partial charge >= 0.3 is 5.97 Å². The van der Waals surface area contributed by atoms with Crippen molar-refractivity contribution in [2.75, 3.05) is 20.3 Å². The predicted octanol–water partition coefficient (Wildman–Crippen LogP) is 2.74. The molecule has 0 aliphatic carbocycles. The van der Waals surface area contributed by atoms with Crippen LogP contribution in [0.2, 0.25) is 0 Å². The molecule has 1 atom stereocenters. The number of hydrogen-bond acceptors (Lipinski definition) is 7. The Bertz CT molecular complexity index is 1090. The van der Waals surface area contributed by atoms with Crippen LogP contribution in [0, 0.1) is 10.1 Å². The van der Waals surface area contributed by atoms with Gasteiger partial charge < -0.3 is 14.0 Å². The monoisotopic (exact) mass is 429 g/mol. The molecule has 3 aromatic rings. The summed E-state index contributed by atoms with van der Waals surface area (Å²) in [7, 11) is 1.26. The fourth-order valence-electron chi connectivity index (χ4n) is 3.95. The molecular formula is C20H19N3O6S. The summed E-state index contributed by atoms with van der Waals surface area (Å²) < 4.78 is 25.0. The Kier molecular flexibility index (Phi) is 5.46. The van der Waals surface area contributed by atoms with E-state index in [-0.39, 0.29) is 37.3 Å². The summed E-state index contributed by atoms with van der Waals surface area (Å²) in [4.78, 5) is 29.0. The smallest absolute Gasteiger partial charge is 0.316 e. The maximum absolute atomic E-state index is 13.1. The third-order valence-electron chi connectivity index (χ3n) is 5.38. The molecule has 1 aliphatic heterocycles. The molecule has 0 bridgehead atoms. The number of rotatable bonds is 5. The van der Waals surface area contributed by atoms with Crippen LogP contribution in [0.25, 0.3) is 11.0 Å². The van der Waals surface area contributed by atoms with Crippen LogP contribution in [0.15, 0.2) is 53.7 Å². The zero-order valence-corrected chi connectivity index (χ0v) is 17.0. The van der Waals surface area contributed by atoms with E-state index in [0.717, 1.165) is 6.20 Å². The quantitative estimate of drug-likeness (QED) is 0.265. The first kappa shape index (κ1) is 20.3. The second-order valence-electron chi connectivity index (χ2n) is 6.90. The van der Waals surface area contributed by atoms with Gasteiger partial charge in [0.05, 0.1) is 23.8 Å². The molecule has 156 valence electrons. The lowest BCUT2D eigenvalue weighted by Gasteiger charge is -2.34. The van der Waals surface area contributed by atoms with Crippen LogP contribution >= 0.6 is 0 Å². The van der Waals surface area contributed by atoms with Gasteiger partial charge in [0.15, 0.2) is 10.5 Å². The van der Waals surface area contributed by atoms with Gasteiger partial charge in [0, 0.05) is 18.6 Å². The number of benzene rings is 1. The molecule has 30 heavy (non-hydrogen) atoms. The molecule has 10 heteroatoms. The van der Waals surface area contributed by atoms with Crippen molar-refractivity contribution in [2.45, 2.75) is 23.2 Å². The van der Waals surface area contributed by atoms with Crippen LogP contribution in [-0.4, -0.2) is 44.7 Å². The second-order valence-corrected chi connectivity index (χ2v) is 8.27. The number of ether oxygens (including phenoxy) is 2. The molecule has 0 spiro atoms. The summed E-state index contributed by atoms with van der Waals surface area (Å²) in [5, 5.41) is 12.2. The van der Waals surface area contributed by atoms with Crippen LogP contribution in [0.3, 0.4) is 0 Å².